The number of thiazole rings is 1. The Bertz CT molecular complexity index is 986. The first kappa shape index (κ1) is 21.8. The number of hydrogen-bond donors (Lipinski definition) is 1. The van der Waals surface area contributed by atoms with Gasteiger partial charge in [0, 0.05) is 25.1 Å². The van der Waals surface area contributed by atoms with Crippen molar-refractivity contribution in [3.8, 4) is 0 Å². The molecule has 2 heterocycles. The van der Waals surface area contributed by atoms with Gasteiger partial charge in [0.2, 0.25) is 5.91 Å². The topological polar surface area (TPSA) is 81.9 Å². The van der Waals surface area contributed by atoms with Gasteiger partial charge < -0.3 is 14.6 Å². The summed E-state index contributed by atoms with van der Waals surface area (Å²) < 4.78 is 9.17. The normalized spacial score (nSPS) is 11.1. The van der Waals surface area contributed by atoms with Crippen LogP contribution in [-0.2, 0) is 22.7 Å². The second kappa shape index (κ2) is 10.8. The van der Waals surface area contributed by atoms with E-state index in [-0.39, 0.29) is 11.7 Å². The van der Waals surface area contributed by atoms with Crippen LogP contribution < -0.4 is 5.32 Å². The summed E-state index contributed by atoms with van der Waals surface area (Å²) in [5, 5.41) is 11.9. The van der Waals surface area contributed by atoms with Crippen LogP contribution in [0, 0.1) is 0 Å². The molecule has 0 fully saturated rings. The number of thioether (sulfide) groups is 2. The Hall–Kier alpha value is -1.88. The maximum Gasteiger partial charge on any atom is 0.234 e. The van der Waals surface area contributed by atoms with E-state index >= 15 is 0 Å². The summed E-state index contributed by atoms with van der Waals surface area (Å²) in [4.78, 5) is 17.0. The molecule has 0 saturated carbocycles. The molecule has 1 N–H and O–H groups in total. The second-order valence-electron chi connectivity index (χ2n) is 6.08. The number of nitrogens with zero attached hydrogens (tertiary/aromatic N) is 4. The van der Waals surface area contributed by atoms with Gasteiger partial charge in [0.1, 0.15) is 6.61 Å². The van der Waals surface area contributed by atoms with E-state index < -0.39 is 0 Å². The molecule has 0 atom stereocenters. The predicted octanol–water partition coefficient (Wildman–Crippen LogP) is 4.45. The number of nitrogens with one attached hydrogen (secondary N) is 1. The van der Waals surface area contributed by atoms with Crippen LogP contribution in [0.25, 0.3) is 10.2 Å². The number of carbonyl (C=O) groups excluding carboxylic acids is 1. The highest BCUT2D eigenvalue weighted by Crippen LogP contribution is 2.31. The number of rotatable bonds is 11. The first-order valence-electron chi connectivity index (χ1n) is 9.12. The van der Waals surface area contributed by atoms with Crippen LogP contribution in [0.4, 0.5) is 5.69 Å². The number of aromatic nitrogens is 4. The molecule has 2 aromatic heterocycles. The number of anilines is 1. The van der Waals surface area contributed by atoms with Crippen LogP contribution >= 0.6 is 34.9 Å². The third-order valence-electron chi connectivity index (χ3n) is 3.79. The lowest BCUT2D eigenvalue weighted by atomic mass is 10.3. The van der Waals surface area contributed by atoms with E-state index in [1.54, 1.807) is 36.3 Å². The zero-order chi connectivity index (χ0) is 20.6. The Morgan fingerprint density at radius 1 is 1.38 bits per heavy atom. The number of hydrogen-bond acceptors (Lipinski definition) is 8. The van der Waals surface area contributed by atoms with Gasteiger partial charge in [-0.25, -0.2) is 4.98 Å². The van der Waals surface area contributed by atoms with Crippen molar-refractivity contribution >= 4 is 56.7 Å². The SMILES string of the molecule is C=CCn1c(COC)nnc1SCC(=O)Nc1ccc2nc(SCCC)sc2c1. The zero-order valence-corrected chi connectivity index (χ0v) is 18.8. The average molecular weight is 450 g/mol. The summed E-state index contributed by atoms with van der Waals surface area (Å²) in [6, 6.07) is 5.81. The molecule has 0 aliphatic carbocycles. The molecule has 0 bridgehead atoms. The Balaban J connectivity index is 1.61. The van der Waals surface area contributed by atoms with Gasteiger partial charge in [0.25, 0.3) is 0 Å². The first-order chi connectivity index (χ1) is 14.1. The van der Waals surface area contributed by atoms with Crippen LogP contribution in [0.3, 0.4) is 0 Å². The van der Waals surface area contributed by atoms with Gasteiger partial charge in [-0.15, -0.1) is 28.1 Å². The second-order valence-corrected chi connectivity index (χ2v) is 9.39. The van der Waals surface area contributed by atoms with Crippen LogP contribution in [0.1, 0.15) is 19.2 Å². The van der Waals surface area contributed by atoms with Gasteiger partial charge in [-0.05, 0) is 24.6 Å². The van der Waals surface area contributed by atoms with Gasteiger partial charge >= 0.3 is 0 Å². The Morgan fingerprint density at radius 3 is 3.00 bits per heavy atom. The first-order valence-corrected chi connectivity index (χ1v) is 11.9. The third-order valence-corrected chi connectivity index (χ3v) is 7.13. The predicted molar refractivity (Wildman–Crippen MR) is 121 cm³/mol. The number of benzene rings is 1. The van der Waals surface area contributed by atoms with Crippen LogP contribution in [0.5, 0.6) is 0 Å². The molecule has 0 aliphatic heterocycles. The van der Waals surface area contributed by atoms with Crippen molar-refractivity contribution in [3.63, 3.8) is 0 Å². The summed E-state index contributed by atoms with van der Waals surface area (Å²) in [7, 11) is 1.61. The smallest absolute Gasteiger partial charge is 0.234 e. The minimum atomic E-state index is -0.0964. The van der Waals surface area contributed by atoms with Crippen molar-refractivity contribution in [2.24, 2.45) is 0 Å². The lowest BCUT2D eigenvalue weighted by molar-refractivity contribution is -0.113. The van der Waals surface area contributed by atoms with Gasteiger partial charge in [0.15, 0.2) is 15.3 Å². The summed E-state index contributed by atoms with van der Waals surface area (Å²) in [6.07, 6.45) is 2.89. The molecular weight excluding hydrogens is 426 g/mol. The van der Waals surface area contributed by atoms with Crippen molar-refractivity contribution in [2.75, 3.05) is 23.9 Å². The van der Waals surface area contributed by atoms with Crippen LogP contribution in [0.2, 0.25) is 0 Å². The fourth-order valence-corrected chi connectivity index (χ4v) is 5.33. The van der Waals surface area contributed by atoms with Crippen molar-refractivity contribution in [1.82, 2.24) is 19.7 Å². The zero-order valence-electron chi connectivity index (χ0n) is 16.4. The van der Waals surface area contributed by atoms with Crippen molar-refractivity contribution in [2.45, 2.75) is 36.0 Å². The highest BCUT2D eigenvalue weighted by molar-refractivity contribution is 8.01. The lowest BCUT2D eigenvalue weighted by Crippen LogP contribution is -2.14. The molecule has 7 nitrogen and oxygen atoms in total. The third kappa shape index (κ3) is 5.81. The Kier molecular flexibility index (Phi) is 8.10. The lowest BCUT2D eigenvalue weighted by Gasteiger charge is -2.07. The number of allylic oxidation sites excluding steroid dienone is 1. The monoisotopic (exact) mass is 449 g/mol. The van der Waals surface area contributed by atoms with E-state index in [4.69, 9.17) is 4.74 Å². The number of fused-ring (bicyclic) bond motifs is 1. The molecule has 1 amide bonds. The van der Waals surface area contributed by atoms with Crippen molar-refractivity contribution in [1.29, 1.82) is 0 Å². The van der Waals surface area contributed by atoms with Gasteiger partial charge in [0.05, 0.1) is 16.0 Å². The van der Waals surface area contributed by atoms with E-state index in [0.29, 0.717) is 24.1 Å². The molecular formula is C19H23N5O2S3. The Morgan fingerprint density at radius 2 is 2.24 bits per heavy atom. The van der Waals surface area contributed by atoms with E-state index in [2.05, 4.69) is 34.0 Å². The summed E-state index contributed by atoms with van der Waals surface area (Å²) in [6.45, 7) is 6.85. The number of carbonyl (C=O) groups is 1. The molecule has 29 heavy (non-hydrogen) atoms. The average Bonchev–Trinajstić information content (AvgIpc) is 3.29. The molecule has 0 spiro atoms. The highest BCUT2D eigenvalue weighted by atomic mass is 32.2. The molecule has 0 unspecified atom stereocenters. The van der Waals surface area contributed by atoms with Crippen LogP contribution in [-0.4, -0.2) is 44.3 Å². The quantitative estimate of drug-likeness (QED) is 0.342. The molecule has 10 heteroatoms. The van der Waals surface area contributed by atoms with E-state index in [9.17, 15) is 4.79 Å². The van der Waals surface area contributed by atoms with Crippen molar-refractivity contribution in [3.05, 3.63) is 36.7 Å². The maximum absolute atomic E-state index is 12.4. The van der Waals surface area contributed by atoms with E-state index in [1.807, 2.05) is 22.8 Å². The molecule has 1 aromatic carbocycles. The van der Waals surface area contributed by atoms with Gasteiger partial charge in [-0.2, -0.15) is 0 Å². The molecule has 3 aromatic rings. The molecule has 0 saturated heterocycles. The minimum absolute atomic E-state index is 0.0964. The van der Waals surface area contributed by atoms with Crippen molar-refractivity contribution < 1.29 is 9.53 Å². The number of amides is 1. The number of methoxy groups -OCH3 is 1. The highest BCUT2D eigenvalue weighted by Gasteiger charge is 2.14. The van der Waals surface area contributed by atoms with Crippen LogP contribution in [0.15, 0.2) is 40.4 Å². The molecule has 3 rings (SSSR count). The number of ether oxygens (including phenoxy) is 1. The molecule has 0 radical (unpaired) electrons. The Labute approximate surface area is 182 Å². The fourth-order valence-electron chi connectivity index (χ4n) is 2.53. The summed E-state index contributed by atoms with van der Waals surface area (Å²) in [5.41, 5.74) is 1.73. The fraction of sp³-hybridized carbons (Fsp3) is 0.368. The van der Waals surface area contributed by atoms with Gasteiger partial charge in [-0.3, -0.25) is 4.79 Å². The van der Waals surface area contributed by atoms with E-state index in [1.165, 1.54) is 11.8 Å². The standard InChI is InChI=1S/C19H23N5O2S3/c1-4-8-24-16(11-26-3)22-23-18(24)28-12-17(25)20-13-6-7-14-15(10-13)29-19(21-14)27-9-5-2/h4,6-7,10H,1,5,8-9,11-12H2,2-3H3,(H,20,25). The van der Waals surface area contributed by atoms with Gasteiger partial charge in [-0.1, -0.05) is 36.5 Å². The summed E-state index contributed by atoms with van der Waals surface area (Å²) in [5.74, 6) is 1.91. The maximum atomic E-state index is 12.4. The minimum Gasteiger partial charge on any atom is -0.377 e. The summed E-state index contributed by atoms with van der Waals surface area (Å²) >= 11 is 4.76. The van der Waals surface area contributed by atoms with E-state index in [0.717, 1.165) is 32.4 Å². The molecule has 0 aliphatic rings. The molecule has 154 valence electrons. The largest absolute Gasteiger partial charge is 0.377 e.